The van der Waals surface area contributed by atoms with Gasteiger partial charge in [0.25, 0.3) is 5.89 Å². The highest BCUT2D eigenvalue weighted by atomic mass is 16.5. The zero-order chi connectivity index (χ0) is 21.8. The van der Waals surface area contributed by atoms with Gasteiger partial charge >= 0.3 is 0 Å². The number of hydrogen-bond donors (Lipinski definition) is 0. The Hall–Kier alpha value is -3.98. The van der Waals surface area contributed by atoms with Gasteiger partial charge in [0, 0.05) is 13.6 Å². The second-order valence-corrected chi connectivity index (χ2v) is 7.43. The van der Waals surface area contributed by atoms with Gasteiger partial charge in [-0.15, -0.1) is 0 Å². The number of oxazole rings is 1. The number of aryl methyl sites for hydroxylation is 2. The molecular formula is C25H23N3O3. The van der Waals surface area contributed by atoms with Gasteiger partial charge in [-0.3, -0.25) is 0 Å². The molecule has 2 heterocycles. The van der Waals surface area contributed by atoms with Crippen molar-refractivity contribution < 1.29 is 13.6 Å². The van der Waals surface area contributed by atoms with E-state index in [1.54, 1.807) is 6.07 Å². The molecule has 2 aromatic heterocycles. The highest BCUT2D eigenvalue weighted by molar-refractivity contribution is 5.55. The second-order valence-electron chi connectivity index (χ2n) is 7.43. The van der Waals surface area contributed by atoms with Crippen LogP contribution in [0, 0.1) is 25.2 Å². The summed E-state index contributed by atoms with van der Waals surface area (Å²) in [5.74, 6) is 2.56. The first-order chi connectivity index (χ1) is 15.0. The molecule has 0 aliphatic heterocycles. The third-order valence-electron chi connectivity index (χ3n) is 5.06. The van der Waals surface area contributed by atoms with Gasteiger partial charge in [-0.25, -0.2) is 0 Å². The molecule has 0 radical (unpaired) electrons. The van der Waals surface area contributed by atoms with Gasteiger partial charge < -0.3 is 18.5 Å². The number of nitrogens with zero attached hydrogens (tertiary/aromatic N) is 3. The molecule has 4 aromatic rings. The second kappa shape index (κ2) is 8.80. The van der Waals surface area contributed by atoms with Crippen molar-refractivity contribution in [2.75, 3.05) is 11.9 Å². The highest BCUT2D eigenvalue weighted by Gasteiger charge is 2.20. The molecule has 0 spiro atoms. The van der Waals surface area contributed by atoms with Crippen molar-refractivity contribution in [2.24, 2.45) is 0 Å². The Morgan fingerprint density at radius 3 is 2.55 bits per heavy atom. The molecule has 4 rings (SSSR count). The van der Waals surface area contributed by atoms with Crippen molar-refractivity contribution in [1.29, 1.82) is 5.26 Å². The van der Waals surface area contributed by atoms with E-state index in [4.69, 9.17) is 13.6 Å². The molecule has 6 nitrogen and oxygen atoms in total. The summed E-state index contributed by atoms with van der Waals surface area (Å²) < 4.78 is 17.6. The molecular weight excluding hydrogens is 390 g/mol. The third-order valence-corrected chi connectivity index (χ3v) is 5.06. The zero-order valence-corrected chi connectivity index (χ0v) is 17.8. The maximum absolute atomic E-state index is 9.50. The molecule has 0 saturated heterocycles. The number of ether oxygens (including phenoxy) is 1. The fourth-order valence-corrected chi connectivity index (χ4v) is 3.21. The van der Waals surface area contributed by atoms with Crippen LogP contribution in [0.2, 0.25) is 0 Å². The van der Waals surface area contributed by atoms with Crippen molar-refractivity contribution >= 4 is 5.88 Å². The molecule has 156 valence electrons. The molecule has 0 N–H and O–H groups in total. The van der Waals surface area contributed by atoms with Crippen LogP contribution in [0.4, 0.5) is 5.88 Å². The summed E-state index contributed by atoms with van der Waals surface area (Å²) in [6.45, 7) is 5.00. The third kappa shape index (κ3) is 4.62. The van der Waals surface area contributed by atoms with Gasteiger partial charge in [0.05, 0.1) is 0 Å². The van der Waals surface area contributed by atoms with Crippen LogP contribution < -0.4 is 9.64 Å². The summed E-state index contributed by atoms with van der Waals surface area (Å²) in [6, 6.07) is 21.6. The first-order valence-corrected chi connectivity index (χ1v) is 9.98. The molecule has 0 aliphatic carbocycles. The van der Waals surface area contributed by atoms with Gasteiger partial charge in [0.1, 0.15) is 24.2 Å². The lowest BCUT2D eigenvalue weighted by Crippen LogP contribution is -2.16. The Morgan fingerprint density at radius 2 is 1.81 bits per heavy atom. The minimum atomic E-state index is 0.220. The van der Waals surface area contributed by atoms with Crippen molar-refractivity contribution in [3.63, 3.8) is 0 Å². The summed E-state index contributed by atoms with van der Waals surface area (Å²) in [6.07, 6.45) is 0. The fraction of sp³-hybridized carbons (Fsp3) is 0.200. The Labute approximate surface area is 181 Å². The summed E-state index contributed by atoms with van der Waals surface area (Å²) in [7, 11) is 1.86. The molecule has 0 bridgehead atoms. The van der Waals surface area contributed by atoms with Crippen LogP contribution >= 0.6 is 0 Å². The lowest BCUT2D eigenvalue weighted by atomic mass is 10.1. The summed E-state index contributed by atoms with van der Waals surface area (Å²) in [5, 5.41) is 9.50. The predicted octanol–water partition coefficient (Wildman–Crippen LogP) is 5.64. The lowest BCUT2D eigenvalue weighted by Gasteiger charge is -2.15. The van der Waals surface area contributed by atoms with E-state index >= 15 is 0 Å². The summed E-state index contributed by atoms with van der Waals surface area (Å²) >= 11 is 0. The number of nitriles is 1. The minimum Gasteiger partial charge on any atom is -0.486 e. The van der Waals surface area contributed by atoms with Gasteiger partial charge in [-0.05, 0) is 54.8 Å². The van der Waals surface area contributed by atoms with Crippen LogP contribution in [0.3, 0.4) is 0 Å². The molecule has 0 fully saturated rings. The van der Waals surface area contributed by atoms with Gasteiger partial charge in [0.2, 0.25) is 11.6 Å². The number of anilines is 1. The average molecular weight is 413 g/mol. The molecule has 0 saturated carbocycles. The normalized spacial score (nSPS) is 10.6. The van der Waals surface area contributed by atoms with Crippen LogP contribution in [0.5, 0.6) is 5.75 Å². The largest absolute Gasteiger partial charge is 0.486 e. The SMILES string of the molecule is Cc1ccc(OCc2ccc(-c3nc(C#N)c(N(C)Cc4ccccc4)o3)o2)cc1C. The Kier molecular flexibility index (Phi) is 5.76. The van der Waals surface area contributed by atoms with Crippen molar-refractivity contribution in [2.45, 2.75) is 27.0 Å². The number of aromatic nitrogens is 1. The molecule has 0 atom stereocenters. The monoisotopic (exact) mass is 413 g/mol. The van der Waals surface area contributed by atoms with Crippen LogP contribution in [0.1, 0.15) is 28.1 Å². The highest BCUT2D eigenvalue weighted by Crippen LogP contribution is 2.30. The molecule has 0 unspecified atom stereocenters. The van der Waals surface area contributed by atoms with Crippen molar-refractivity contribution in [1.82, 2.24) is 4.98 Å². The Bertz CT molecular complexity index is 1220. The van der Waals surface area contributed by atoms with Crippen LogP contribution in [-0.4, -0.2) is 12.0 Å². The van der Waals surface area contributed by atoms with E-state index in [0.29, 0.717) is 23.9 Å². The van der Waals surface area contributed by atoms with E-state index in [0.717, 1.165) is 11.3 Å². The molecule has 0 aliphatic rings. The first kappa shape index (κ1) is 20.3. The van der Waals surface area contributed by atoms with Gasteiger partial charge in [-0.2, -0.15) is 10.2 Å². The molecule has 0 amide bonds. The van der Waals surface area contributed by atoms with Gasteiger partial charge in [0.15, 0.2) is 5.76 Å². The Morgan fingerprint density at radius 1 is 1.00 bits per heavy atom. The zero-order valence-electron chi connectivity index (χ0n) is 17.8. The summed E-state index contributed by atoms with van der Waals surface area (Å²) in [5.41, 5.74) is 3.72. The number of rotatable bonds is 7. The van der Waals surface area contributed by atoms with E-state index in [1.165, 1.54) is 11.1 Å². The lowest BCUT2D eigenvalue weighted by molar-refractivity contribution is 0.271. The van der Waals surface area contributed by atoms with E-state index < -0.39 is 0 Å². The molecule has 2 aromatic carbocycles. The van der Waals surface area contributed by atoms with E-state index in [2.05, 4.69) is 24.9 Å². The van der Waals surface area contributed by atoms with E-state index in [1.807, 2.05) is 66.5 Å². The maximum atomic E-state index is 9.50. The topological polar surface area (TPSA) is 75.4 Å². The predicted molar refractivity (Wildman–Crippen MR) is 118 cm³/mol. The standard InChI is InChI=1S/C25H23N3O3/c1-17-9-10-20(13-18(17)2)29-16-21-11-12-23(30-21)24-27-22(14-26)25(31-24)28(3)15-19-7-5-4-6-8-19/h4-13H,15-16H2,1-3H3. The number of benzene rings is 2. The van der Waals surface area contributed by atoms with Crippen LogP contribution in [0.25, 0.3) is 11.7 Å². The minimum absolute atomic E-state index is 0.220. The fourth-order valence-electron chi connectivity index (χ4n) is 3.21. The number of hydrogen-bond acceptors (Lipinski definition) is 6. The Balaban J connectivity index is 1.48. The van der Waals surface area contributed by atoms with E-state index in [-0.39, 0.29) is 18.2 Å². The van der Waals surface area contributed by atoms with Gasteiger partial charge in [-0.1, -0.05) is 36.4 Å². The smallest absolute Gasteiger partial charge is 0.266 e. The summed E-state index contributed by atoms with van der Waals surface area (Å²) in [4.78, 5) is 6.17. The molecule has 31 heavy (non-hydrogen) atoms. The van der Waals surface area contributed by atoms with E-state index in [9.17, 15) is 5.26 Å². The van der Waals surface area contributed by atoms with Crippen LogP contribution in [-0.2, 0) is 13.2 Å². The number of furan rings is 1. The first-order valence-electron chi connectivity index (χ1n) is 9.98. The maximum Gasteiger partial charge on any atom is 0.266 e. The quantitative estimate of drug-likeness (QED) is 0.390. The van der Waals surface area contributed by atoms with Crippen molar-refractivity contribution in [3.05, 3.63) is 88.8 Å². The molecule has 6 heteroatoms. The van der Waals surface area contributed by atoms with Crippen molar-refractivity contribution in [3.8, 4) is 23.5 Å². The average Bonchev–Trinajstić information content (AvgIpc) is 3.42. The van der Waals surface area contributed by atoms with Crippen LogP contribution in [0.15, 0.2) is 69.5 Å².